The Kier molecular flexibility index (Phi) is 4.86. The predicted octanol–water partition coefficient (Wildman–Crippen LogP) is 1.56. The molecule has 3 heterocycles. The average molecular weight is 392 g/mol. The van der Waals surface area contributed by atoms with Crippen LogP contribution in [0.15, 0.2) is 53.5 Å². The summed E-state index contributed by atoms with van der Waals surface area (Å²) in [5, 5.41) is 8.06. The Morgan fingerprint density at radius 3 is 2.86 bits per heavy atom. The zero-order valence-corrected chi connectivity index (χ0v) is 16.0. The molecule has 2 N–H and O–H groups in total. The van der Waals surface area contributed by atoms with Gasteiger partial charge in [-0.05, 0) is 30.3 Å². The zero-order chi connectivity index (χ0) is 20.4. The number of rotatable bonds is 6. The number of pyridine rings is 1. The Balaban J connectivity index is 1.44. The van der Waals surface area contributed by atoms with E-state index in [2.05, 4.69) is 20.4 Å². The number of benzene rings is 1. The highest BCUT2D eigenvalue weighted by molar-refractivity contribution is 5.98. The molecule has 4 rings (SSSR count). The van der Waals surface area contributed by atoms with Crippen LogP contribution in [0.5, 0.6) is 5.75 Å². The number of carbonyl (C=O) groups is 1. The van der Waals surface area contributed by atoms with Crippen LogP contribution in [-0.2, 0) is 13.6 Å². The molecule has 9 heteroatoms. The summed E-state index contributed by atoms with van der Waals surface area (Å²) in [4.78, 5) is 32.1. The minimum Gasteiger partial charge on any atom is -0.497 e. The number of ether oxygens (including phenoxy) is 1. The van der Waals surface area contributed by atoms with Gasteiger partial charge in [0.15, 0.2) is 5.82 Å². The number of aromatic amines is 1. The normalized spacial score (nSPS) is 11.0. The van der Waals surface area contributed by atoms with Crippen LogP contribution in [0.4, 0.5) is 0 Å². The molecule has 3 aromatic heterocycles. The van der Waals surface area contributed by atoms with Crippen molar-refractivity contribution in [1.29, 1.82) is 0 Å². The second-order valence-electron chi connectivity index (χ2n) is 6.50. The van der Waals surface area contributed by atoms with Gasteiger partial charge in [-0.2, -0.15) is 0 Å². The predicted molar refractivity (Wildman–Crippen MR) is 108 cm³/mol. The van der Waals surface area contributed by atoms with E-state index in [0.717, 1.165) is 10.9 Å². The molecule has 0 fully saturated rings. The average Bonchev–Trinajstić information content (AvgIpc) is 3.30. The highest BCUT2D eigenvalue weighted by atomic mass is 16.5. The van der Waals surface area contributed by atoms with E-state index in [4.69, 9.17) is 4.74 Å². The van der Waals surface area contributed by atoms with Crippen molar-refractivity contribution in [3.63, 3.8) is 0 Å². The fourth-order valence-electron chi connectivity index (χ4n) is 3.08. The molecule has 0 radical (unpaired) electrons. The highest BCUT2D eigenvalue weighted by Gasteiger charge is 2.14. The van der Waals surface area contributed by atoms with Gasteiger partial charge in [-0.3, -0.25) is 14.3 Å². The molecule has 0 aliphatic heterocycles. The lowest BCUT2D eigenvalue weighted by Gasteiger charge is -2.03. The van der Waals surface area contributed by atoms with Gasteiger partial charge in [-0.25, -0.2) is 9.48 Å². The smallest absolute Gasteiger partial charge is 0.346 e. The lowest BCUT2D eigenvalue weighted by molar-refractivity contribution is 0.0947. The molecule has 0 saturated carbocycles. The standard InChI is InChI=1S/C20H20N6O3/c1-25-18(15-5-3-4-8-21-15)24-26(20(25)28)10-9-22-19(27)17-11-13-6-7-14(29-2)12-16(13)23-17/h3-8,11-12,23H,9-10H2,1-2H3,(H,22,27). The van der Waals surface area contributed by atoms with Crippen molar-refractivity contribution >= 4 is 16.8 Å². The van der Waals surface area contributed by atoms with Gasteiger partial charge in [0.25, 0.3) is 5.91 Å². The molecule has 0 aliphatic rings. The summed E-state index contributed by atoms with van der Waals surface area (Å²) in [6.07, 6.45) is 1.65. The maximum absolute atomic E-state index is 12.4. The molecule has 0 aliphatic carbocycles. The molecule has 9 nitrogen and oxygen atoms in total. The van der Waals surface area contributed by atoms with Crippen LogP contribution in [-0.4, -0.2) is 43.9 Å². The Morgan fingerprint density at radius 1 is 1.24 bits per heavy atom. The van der Waals surface area contributed by atoms with E-state index in [-0.39, 0.29) is 24.7 Å². The first-order valence-corrected chi connectivity index (χ1v) is 9.07. The number of nitrogens with one attached hydrogen (secondary N) is 2. The first kappa shape index (κ1) is 18.5. The molecular formula is C20H20N6O3. The second kappa shape index (κ2) is 7.63. The van der Waals surface area contributed by atoms with Gasteiger partial charge in [0.2, 0.25) is 0 Å². The van der Waals surface area contributed by atoms with Crippen LogP contribution >= 0.6 is 0 Å². The van der Waals surface area contributed by atoms with Gasteiger partial charge >= 0.3 is 5.69 Å². The number of H-pyrrole nitrogens is 1. The van der Waals surface area contributed by atoms with Crippen molar-refractivity contribution in [1.82, 2.24) is 29.6 Å². The van der Waals surface area contributed by atoms with Crippen LogP contribution in [0.25, 0.3) is 22.4 Å². The van der Waals surface area contributed by atoms with Crippen molar-refractivity contribution in [2.24, 2.45) is 7.05 Å². The Morgan fingerprint density at radius 2 is 2.10 bits per heavy atom. The van der Waals surface area contributed by atoms with Gasteiger partial charge in [-0.15, -0.1) is 5.10 Å². The van der Waals surface area contributed by atoms with Crippen LogP contribution in [0.3, 0.4) is 0 Å². The fraction of sp³-hybridized carbons (Fsp3) is 0.200. The van der Waals surface area contributed by atoms with E-state index in [0.29, 0.717) is 23.0 Å². The topological polar surface area (TPSA) is 107 Å². The van der Waals surface area contributed by atoms with E-state index in [1.165, 1.54) is 9.25 Å². The van der Waals surface area contributed by atoms with Crippen molar-refractivity contribution in [3.8, 4) is 17.3 Å². The van der Waals surface area contributed by atoms with Crippen molar-refractivity contribution in [2.45, 2.75) is 6.54 Å². The van der Waals surface area contributed by atoms with E-state index >= 15 is 0 Å². The first-order valence-electron chi connectivity index (χ1n) is 9.07. The number of methoxy groups -OCH3 is 1. The maximum Gasteiger partial charge on any atom is 0.346 e. The molecule has 29 heavy (non-hydrogen) atoms. The monoisotopic (exact) mass is 392 g/mol. The largest absolute Gasteiger partial charge is 0.497 e. The summed E-state index contributed by atoms with van der Waals surface area (Å²) >= 11 is 0. The second-order valence-corrected chi connectivity index (χ2v) is 6.50. The Labute approximate surface area is 166 Å². The maximum atomic E-state index is 12.4. The van der Waals surface area contributed by atoms with Crippen LogP contribution < -0.4 is 15.7 Å². The molecule has 0 saturated heterocycles. The van der Waals surface area contributed by atoms with Crippen molar-refractivity contribution in [3.05, 3.63) is 64.8 Å². The summed E-state index contributed by atoms with van der Waals surface area (Å²) in [7, 11) is 3.24. The van der Waals surface area contributed by atoms with E-state index < -0.39 is 0 Å². The van der Waals surface area contributed by atoms with E-state index in [1.807, 2.05) is 24.3 Å². The third-order valence-electron chi connectivity index (χ3n) is 4.62. The zero-order valence-electron chi connectivity index (χ0n) is 16.0. The number of aromatic nitrogens is 5. The van der Waals surface area contributed by atoms with Gasteiger partial charge in [0, 0.05) is 36.8 Å². The number of fused-ring (bicyclic) bond motifs is 1. The summed E-state index contributed by atoms with van der Waals surface area (Å²) in [6, 6.07) is 12.8. The van der Waals surface area contributed by atoms with E-state index in [9.17, 15) is 9.59 Å². The molecule has 4 aromatic rings. The van der Waals surface area contributed by atoms with E-state index in [1.54, 1.807) is 38.6 Å². The molecule has 0 spiro atoms. The molecular weight excluding hydrogens is 372 g/mol. The number of hydrogen-bond acceptors (Lipinski definition) is 5. The van der Waals surface area contributed by atoms with Gasteiger partial charge in [0.1, 0.15) is 17.1 Å². The number of carbonyl (C=O) groups excluding carboxylic acids is 1. The Bertz CT molecular complexity index is 1220. The molecule has 0 unspecified atom stereocenters. The van der Waals surface area contributed by atoms with Crippen molar-refractivity contribution in [2.75, 3.05) is 13.7 Å². The molecule has 1 aromatic carbocycles. The van der Waals surface area contributed by atoms with Crippen LogP contribution in [0, 0.1) is 0 Å². The minimum atomic E-state index is -0.266. The summed E-state index contributed by atoms with van der Waals surface area (Å²) in [5.74, 6) is 0.935. The summed E-state index contributed by atoms with van der Waals surface area (Å²) in [5.41, 5.74) is 1.60. The quantitative estimate of drug-likeness (QED) is 0.518. The minimum absolute atomic E-state index is 0.249. The van der Waals surface area contributed by atoms with Crippen molar-refractivity contribution < 1.29 is 9.53 Å². The number of nitrogens with zero attached hydrogens (tertiary/aromatic N) is 4. The molecule has 148 valence electrons. The Hall–Kier alpha value is -3.88. The van der Waals surface area contributed by atoms with Gasteiger partial charge < -0.3 is 15.0 Å². The first-order chi connectivity index (χ1) is 14.1. The fourth-order valence-corrected chi connectivity index (χ4v) is 3.08. The summed E-state index contributed by atoms with van der Waals surface area (Å²) in [6.45, 7) is 0.509. The number of amides is 1. The van der Waals surface area contributed by atoms with Gasteiger partial charge in [-0.1, -0.05) is 6.07 Å². The SMILES string of the molecule is COc1ccc2cc(C(=O)NCCn3nc(-c4ccccn4)n(C)c3=O)[nH]c2c1. The molecule has 1 amide bonds. The third-order valence-corrected chi connectivity index (χ3v) is 4.62. The highest BCUT2D eigenvalue weighted by Crippen LogP contribution is 2.21. The van der Waals surface area contributed by atoms with Gasteiger partial charge in [0.05, 0.1) is 13.7 Å². The third kappa shape index (κ3) is 3.62. The van der Waals surface area contributed by atoms with Crippen LogP contribution in [0.2, 0.25) is 0 Å². The molecule has 0 atom stereocenters. The lowest BCUT2D eigenvalue weighted by Crippen LogP contribution is -2.31. The molecule has 0 bridgehead atoms. The summed E-state index contributed by atoms with van der Waals surface area (Å²) < 4.78 is 7.95. The van der Waals surface area contributed by atoms with Crippen LogP contribution in [0.1, 0.15) is 10.5 Å². The lowest BCUT2D eigenvalue weighted by atomic mass is 10.2. The number of hydrogen-bond donors (Lipinski definition) is 2.